The van der Waals surface area contributed by atoms with Gasteiger partial charge in [-0.2, -0.15) is 0 Å². The van der Waals surface area contributed by atoms with E-state index in [9.17, 15) is 19.2 Å². The highest BCUT2D eigenvalue weighted by Gasteiger charge is 2.35. The summed E-state index contributed by atoms with van der Waals surface area (Å²) < 4.78 is 15.7. The number of hydrogen-bond acceptors (Lipinski definition) is 7. The SMILES string of the molecule is CCCCCC[C@@H](OC(C)=O)[C@@H](OC(C)=O)[C@H](COC(C)=O)NC(C)=O. The van der Waals surface area contributed by atoms with Crippen LogP contribution < -0.4 is 5.32 Å². The molecule has 8 nitrogen and oxygen atoms in total. The minimum absolute atomic E-state index is 0.195. The summed E-state index contributed by atoms with van der Waals surface area (Å²) in [5.41, 5.74) is 0. The Labute approximate surface area is 154 Å². The average Bonchev–Trinajstić information content (AvgIpc) is 2.51. The van der Waals surface area contributed by atoms with E-state index in [0.717, 1.165) is 25.7 Å². The van der Waals surface area contributed by atoms with Gasteiger partial charge in [-0.1, -0.05) is 26.2 Å². The molecule has 0 fully saturated rings. The molecule has 0 aromatic carbocycles. The lowest BCUT2D eigenvalue weighted by atomic mass is 9.99. The molecule has 0 aromatic rings. The van der Waals surface area contributed by atoms with Crippen LogP contribution in [0.2, 0.25) is 0 Å². The largest absolute Gasteiger partial charge is 0.464 e. The summed E-state index contributed by atoms with van der Waals surface area (Å²) in [6.07, 6.45) is 2.55. The summed E-state index contributed by atoms with van der Waals surface area (Å²) in [5, 5.41) is 2.61. The molecule has 0 heterocycles. The van der Waals surface area contributed by atoms with E-state index in [1.165, 1.54) is 27.7 Å². The van der Waals surface area contributed by atoms with E-state index < -0.39 is 36.2 Å². The van der Waals surface area contributed by atoms with Gasteiger partial charge in [0.05, 0.1) is 0 Å². The molecule has 0 rings (SSSR count). The van der Waals surface area contributed by atoms with Gasteiger partial charge in [0.2, 0.25) is 5.91 Å². The molecule has 0 saturated carbocycles. The van der Waals surface area contributed by atoms with E-state index in [1.807, 2.05) is 0 Å². The molecule has 0 bridgehead atoms. The third kappa shape index (κ3) is 11.4. The van der Waals surface area contributed by atoms with E-state index >= 15 is 0 Å². The third-order valence-corrected chi connectivity index (χ3v) is 3.58. The topological polar surface area (TPSA) is 108 Å². The molecule has 150 valence electrons. The number of nitrogens with one attached hydrogen (secondary N) is 1. The van der Waals surface area contributed by atoms with Crippen LogP contribution in [-0.2, 0) is 33.4 Å². The summed E-state index contributed by atoms with van der Waals surface area (Å²) in [6.45, 7) is 6.92. The molecule has 8 heteroatoms. The maximum Gasteiger partial charge on any atom is 0.303 e. The Morgan fingerprint density at radius 3 is 1.92 bits per heavy atom. The minimum atomic E-state index is -0.957. The number of carbonyl (C=O) groups is 4. The number of esters is 3. The second-order valence-electron chi connectivity index (χ2n) is 6.18. The van der Waals surface area contributed by atoms with Crippen LogP contribution in [0.15, 0.2) is 0 Å². The summed E-state index contributed by atoms with van der Waals surface area (Å²) in [4.78, 5) is 45.8. The van der Waals surface area contributed by atoms with Crippen LogP contribution in [0.5, 0.6) is 0 Å². The summed E-state index contributed by atoms with van der Waals surface area (Å²) >= 11 is 0. The summed E-state index contributed by atoms with van der Waals surface area (Å²) in [5.74, 6) is -2.02. The molecular formula is C18H31NO7. The van der Waals surface area contributed by atoms with E-state index in [-0.39, 0.29) is 12.5 Å². The van der Waals surface area contributed by atoms with Crippen LogP contribution in [0.3, 0.4) is 0 Å². The van der Waals surface area contributed by atoms with E-state index in [4.69, 9.17) is 14.2 Å². The molecule has 0 aliphatic heterocycles. The molecule has 1 N–H and O–H groups in total. The first-order valence-corrected chi connectivity index (χ1v) is 8.92. The van der Waals surface area contributed by atoms with Gasteiger partial charge >= 0.3 is 17.9 Å². The Morgan fingerprint density at radius 2 is 1.46 bits per heavy atom. The van der Waals surface area contributed by atoms with Crippen molar-refractivity contribution in [3.05, 3.63) is 0 Å². The van der Waals surface area contributed by atoms with E-state index in [1.54, 1.807) is 0 Å². The first-order chi connectivity index (χ1) is 12.2. The first-order valence-electron chi connectivity index (χ1n) is 8.92. The van der Waals surface area contributed by atoms with E-state index in [0.29, 0.717) is 6.42 Å². The molecular weight excluding hydrogens is 342 g/mol. The van der Waals surface area contributed by atoms with Crippen molar-refractivity contribution < 1.29 is 33.4 Å². The van der Waals surface area contributed by atoms with Crippen molar-refractivity contribution in [1.29, 1.82) is 0 Å². The zero-order chi connectivity index (χ0) is 20.1. The number of unbranched alkanes of at least 4 members (excludes halogenated alkanes) is 3. The number of ether oxygens (including phenoxy) is 3. The summed E-state index contributed by atoms with van der Waals surface area (Å²) in [6, 6.07) is -0.823. The zero-order valence-corrected chi connectivity index (χ0v) is 16.3. The van der Waals surface area contributed by atoms with Crippen molar-refractivity contribution in [2.45, 2.75) is 85.0 Å². The molecule has 0 radical (unpaired) electrons. The Bertz CT molecular complexity index is 478. The van der Waals surface area contributed by atoms with Crippen LogP contribution in [0.25, 0.3) is 0 Å². The molecule has 1 amide bonds. The first kappa shape index (κ1) is 23.9. The lowest BCUT2D eigenvalue weighted by Gasteiger charge is -2.32. The van der Waals surface area contributed by atoms with Gasteiger partial charge in [0.15, 0.2) is 6.10 Å². The van der Waals surface area contributed by atoms with Crippen molar-refractivity contribution in [1.82, 2.24) is 5.32 Å². The van der Waals surface area contributed by atoms with Crippen LogP contribution in [-0.4, -0.2) is 48.7 Å². The van der Waals surface area contributed by atoms with Crippen LogP contribution in [0.1, 0.15) is 66.7 Å². The lowest BCUT2D eigenvalue weighted by molar-refractivity contribution is -0.171. The molecule has 0 aliphatic rings. The second kappa shape index (κ2) is 13.1. The predicted octanol–water partition coefficient (Wildman–Crippen LogP) is 1.89. The van der Waals surface area contributed by atoms with Crippen molar-refractivity contribution in [3.8, 4) is 0 Å². The van der Waals surface area contributed by atoms with Crippen LogP contribution in [0, 0.1) is 0 Å². The smallest absolute Gasteiger partial charge is 0.303 e. The highest BCUT2D eigenvalue weighted by atomic mass is 16.6. The normalized spacial score (nSPS) is 13.9. The molecule has 0 aliphatic carbocycles. The molecule has 0 spiro atoms. The minimum Gasteiger partial charge on any atom is -0.464 e. The third-order valence-electron chi connectivity index (χ3n) is 3.58. The fraction of sp³-hybridized carbons (Fsp3) is 0.778. The van der Waals surface area contributed by atoms with Gasteiger partial charge in [-0.3, -0.25) is 19.2 Å². The van der Waals surface area contributed by atoms with Gasteiger partial charge in [-0.05, 0) is 12.8 Å². The van der Waals surface area contributed by atoms with Gasteiger partial charge < -0.3 is 19.5 Å². The van der Waals surface area contributed by atoms with E-state index in [2.05, 4.69) is 12.2 Å². The highest BCUT2D eigenvalue weighted by Crippen LogP contribution is 2.18. The monoisotopic (exact) mass is 373 g/mol. The zero-order valence-electron chi connectivity index (χ0n) is 16.3. The Balaban J connectivity index is 5.41. The number of rotatable bonds is 12. The second-order valence-corrected chi connectivity index (χ2v) is 6.18. The van der Waals surface area contributed by atoms with Crippen molar-refractivity contribution in [2.24, 2.45) is 0 Å². The Morgan fingerprint density at radius 1 is 0.846 bits per heavy atom. The predicted molar refractivity (Wildman–Crippen MR) is 94.1 cm³/mol. The van der Waals surface area contributed by atoms with Crippen molar-refractivity contribution in [2.75, 3.05) is 6.61 Å². The van der Waals surface area contributed by atoms with Crippen molar-refractivity contribution >= 4 is 23.8 Å². The molecule has 3 atom stereocenters. The highest BCUT2D eigenvalue weighted by molar-refractivity contribution is 5.73. The number of hydrogen-bond donors (Lipinski definition) is 1. The molecule has 0 saturated heterocycles. The molecule has 0 aromatic heterocycles. The van der Waals surface area contributed by atoms with Crippen LogP contribution >= 0.6 is 0 Å². The van der Waals surface area contributed by atoms with Crippen molar-refractivity contribution in [3.63, 3.8) is 0 Å². The van der Waals surface area contributed by atoms with Gasteiger partial charge in [-0.25, -0.2) is 0 Å². The van der Waals surface area contributed by atoms with Gasteiger partial charge in [0.1, 0.15) is 18.8 Å². The van der Waals surface area contributed by atoms with Gasteiger partial charge in [0.25, 0.3) is 0 Å². The standard InChI is InChI=1S/C18H31NO7/c1-6-7-8-9-10-17(25-14(4)22)18(26-15(5)23)16(19-12(2)20)11-24-13(3)21/h16-18H,6-11H2,1-5H3,(H,19,20)/t16-,17+,18-/m0/s1. The van der Waals surface area contributed by atoms with Gasteiger partial charge in [0, 0.05) is 27.7 Å². The van der Waals surface area contributed by atoms with Crippen LogP contribution in [0.4, 0.5) is 0 Å². The van der Waals surface area contributed by atoms with Gasteiger partial charge in [-0.15, -0.1) is 0 Å². The summed E-state index contributed by atoms with van der Waals surface area (Å²) in [7, 11) is 0. The average molecular weight is 373 g/mol. The lowest BCUT2D eigenvalue weighted by Crippen LogP contribution is -2.53. The quantitative estimate of drug-likeness (QED) is 0.316. The number of carbonyl (C=O) groups excluding carboxylic acids is 4. The fourth-order valence-corrected chi connectivity index (χ4v) is 2.57. The Hall–Kier alpha value is -2.12. The number of amides is 1. The fourth-order valence-electron chi connectivity index (χ4n) is 2.57. The Kier molecular flexibility index (Phi) is 12.1. The molecule has 0 unspecified atom stereocenters. The maximum absolute atomic E-state index is 11.6. The maximum atomic E-state index is 11.6. The molecule has 26 heavy (non-hydrogen) atoms.